The van der Waals surface area contributed by atoms with Crippen LogP contribution in [-0.4, -0.2) is 54.1 Å². The Morgan fingerprint density at radius 2 is 2.21 bits per heavy atom. The predicted octanol–water partition coefficient (Wildman–Crippen LogP) is 2.41. The molecule has 10 heteroatoms. The molecular formula is C18H22ClFN4O3S. The van der Waals surface area contributed by atoms with E-state index >= 15 is 0 Å². The van der Waals surface area contributed by atoms with Crippen LogP contribution < -0.4 is 5.32 Å². The number of nitrogens with zero attached hydrogens (tertiary/aromatic N) is 3. The van der Waals surface area contributed by atoms with Crippen LogP contribution in [0.2, 0.25) is 5.02 Å². The number of nitrogens with one attached hydrogen (secondary N) is 1. The van der Waals surface area contributed by atoms with E-state index in [2.05, 4.69) is 10.4 Å². The molecule has 0 bridgehead atoms. The minimum absolute atomic E-state index is 0.0118. The van der Waals surface area contributed by atoms with E-state index < -0.39 is 15.7 Å². The van der Waals surface area contributed by atoms with Crippen LogP contribution in [0.5, 0.6) is 0 Å². The van der Waals surface area contributed by atoms with Crippen molar-refractivity contribution in [3.8, 4) is 0 Å². The minimum Gasteiger partial charge on any atom is -0.310 e. The summed E-state index contributed by atoms with van der Waals surface area (Å²) in [5.74, 6) is -0.131. The van der Waals surface area contributed by atoms with Gasteiger partial charge >= 0.3 is 0 Å². The highest BCUT2D eigenvalue weighted by Crippen LogP contribution is 2.27. The third-order valence-corrected chi connectivity index (χ3v) is 6.69. The lowest BCUT2D eigenvalue weighted by Gasteiger charge is -2.18. The highest BCUT2D eigenvalue weighted by Gasteiger charge is 2.31. The Morgan fingerprint density at radius 1 is 1.46 bits per heavy atom. The van der Waals surface area contributed by atoms with E-state index in [-0.39, 0.29) is 36.5 Å². The normalized spacial score (nSPS) is 18.5. The average Bonchev–Trinajstić information content (AvgIpc) is 3.12. The fourth-order valence-electron chi connectivity index (χ4n) is 3.29. The van der Waals surface area contributed by atoms with E-state index in [1.54, 1.807) is 35.7 Å². The summed E-state index contributed by atoms with van der Waals surface area (Å²) in [5, 5.41) is 7.43. The Bertz CT molecular complexity index is 972. The number of sulfone groups is 1. The van der Waals surface area contributed by atoms with Crippen LogP contribution in [0.25, 0.3) is 0 Å². The second-order valence-electron chi connectivity index (χ2n) is 7.09. The second kappa shape index (κ2) is 8.18. The fraction of sp³-hybridized carbons (Fsp3) is 0.444. The first-order valence-electron chi connectivity index (χ1n) is 8.82. The van der Waals surface area contributed by atoms with Gasteiger partial charge < -0.3 is 5.32 Å². The number of hydrogen-bond donors (Lipinski definition) is 1. The van der Waals surface area contributed by atoms with Crippen molar-refractivity contribution in [2.75, 3.05) is 30.4 Å². The standard InChI is InChI=1S/C18H22ClFN4O3S/c1-12-8-17(24(22-12)13-6-7-28(26,27)11-13)21-18(25)10-23(2)9-14-15(19)4-3-5-16(14)20/h3-5,8,13H,6-7,9-11H2,1-2H3,(H,21,25). The topological polar surface area (TPSA) is 84.3 Å². The second-order valence-corrected chi connectivity index (χ2v) is 9.73. The number of carbonyl (C=O) groups is 1. The molecule has 2 aromatic rings. The molecule has 1 unspecified atom stereocenters. The van der Waals surface area contributed by atoms with Crippen LogP contribution in [0.4, 0.5) is 10.2 Å². The monoisotopic (exact) mass is 428 g/mol. The van der Waals surface area contributed by atoms with Crippen molar-refractivity contribution < 1.29 is 17.6 Å². The van der Waals surface area contributed by atoms with Gasteiger partial charge in [0.2, 0.25) is 5.91 Å². The largest absolute Gasteiger partial charge is 0.310 e. The van der Waals surface area contributed by atoms with Crippen LogP contribution in [0.15, 0.2) is 24.3 Å². The summed E-state index contributed by atoms with van der Waals surface area (Å²) < 4.78 is 39.0. The zero-order chi connectivity index (χ0) is 20.5. The van der Waals surface area contributed by atoms with Crippen molar-refractivity contribution >= 4 is 33.2 Å². The lowest BCUT2D eigenvalue weighted by Crippen LogP contribution is -2.31. The van der Waals surface area contributed by atoms with Gasteiger partial charge in [0.05, 0.1) is 29.8 Å². The van der Waals surface area contributed by atoms with E-state index in [9.17, 15) is 17.6 Å². The molecule has 7 nitrogen and oxygen atoms in total. The van der Waals surface area contributed by atoms with Gasteiger partial charge in [0.1, 0.15) is 11.6 Å². The number of hydrogen-bond acceptors (Lipinski definition) is 5. The van der Waals surface area contributed by atoms with Crippen LogP contribution in [0.3, 0.4) is 0 Å². The number of carbonyl (C=O) groups excluding carboxylic acids is 1. The first kappa shape index (κ1) is 20.8. The molecule has 1 fully saturated rings. The van der Waals surface area contributed by atoms with Crippen molar-refractivity contribution in [3.63, 3.8) is 0 Å². The van der Waals surface area contributed by atoms with E-state index in [4.69, 9.17) is 11.6 Å². The van der Waals surface area contributed by atoms with Crippen LogP contribution >= 0.6 is 11.6 Å². The zero-order valence-electron chi connectivity index (χ0n) is 15.7. The maximum atomic E-state index is 13.9. The number of amides is 1. The summed E-state index contributed by atoms with van der Waals surface area (Å²) >= 11 is 6.03. The molecule has 1 amide bonds. The smallest absolute Gasteiger partial charge is 0.239 e. The summed E-state index contributed by atoms with van der Waals surface area (Å²) in [6, 6.07) is 5.87. The van der Waals surface area contributed by atoms with E-state index in [1.165, 1.54) is 12.1 Å². The molecule has 1 N–H and O–H groups in total. The number of aryl methyl sites for hydroxylation is 1. The molecule has 1 atom stereocenters. The third kappa shape index (κ3) is 4.89. The Balaban J connectivity index is 1.65. The number of benzene rings is 1. The summed E-state index contributed by atoms with van der Waals surface area (Å²) in [6.45, 7) is 1.97. The molecule has 0 radical (unpaired) electrons. The minimum atomic E-state index is -3.07. The van der Waals surface area contributed by atoms with E-state index in [1.807, 2.05) is 0 Å². The summed E-state index contributed by atoms with van der Waals surface area (Å²) in [4.78, 5) is 14.1. The molecule has 1 aromatic carbocycles. The van der Waals surface area contributed by atoms with E-state index in [0.29, 0.717) is 28.5 Å². The van der Waals surface area contributed by atoms with Gasteiger partial charge in [-0.1, -0.05) is 17.7 Å². The summed E-state index contributed by atoms with van der Waals surface area (Å²) in [7, 11) is -1.38. The predicted molar refractivity (Wildman–Crippen MR) is 106 cm³/mol. The molecular weight excluding hydrogens is 407 g/mol. The van der Waals surface area contributed by atoms with Gasteiger partial charge in [0.15, 0.2) is 9.84 Å². The van der Waals surface area contributed by atoms with Gasteiger partial charge in [0.25, 0.3) is 0 Å². The highest BCUT2D eigenvalue weighted by molar-refractivity contribution is 7.91. The van der Waals surface area contributed by atoms with Crippen LogP contribution in [0.1, 0.15) is 23.7 Å². The summed E-state index contributed by atoms with van der Waals surface area (Å²) in [6.07, 6.45) is 0.470. The summed E-state index contributed by atoms with van der Waals surface area (Å²) in [5.41, 5.74) is 1.02. The van der Waals surface area contributed by atoms with Gasteiger partial charge in [-0.15, -0.1) is 0 Å². The maximum absolute atomic E-state index is 13.9. The maximum Gasteiger partial charge on any atom is 0.239 e. The molecule has 0 aliphatic carbocycles. The number of aromatic nitrogens is 2. The molecule has 1 aromatic heterocycles. The molecule has 3 rings (SSSR count). The van der Waals surface area contributed by atoms with Crippen LogP contribution in [-0.2, 0) is 21.2 Å². The number of anilines is 1. The van der Waals surface area contributed by atoms with Crippen molar-refractivity contribution in [2.24, 2.45) is 0 Å². The molecule has 1 aliphatic rings. The third-order valence-electron chi connectivity index (χ3n) is 4.58. The van der Waals surface area contributed by atoms with Gasteiger partial charge in [-0.25, -0.2) is 17.5 Å². The van der Waals surface area contributed by atoms with Gasteiger partial charge in [0, 0.05) is 23.2 Å². The molecule has 0 spiro atoms. The molecule has 0 saturated carbocycles. The molecule has 2 heterocycles. The first-order chi connectivity index (χ1) is 13.1. The van der Waals surface area contributed by atoms with Crippen molar-refractivity contribution in [1.82, 2.24) is 14.7 Å². The van der Waals surface area contributed by atoms with Crippen LogP contribution in [0, 0.1) is 12.7 Å². The van der Waals surface area contributed by atoms with Crippen molar-refractivity contribution in [1.29, 1.82) is 0 Å². The first-order valence-corrected chi connectivity index (χ1v) is 11.0. The number of likely N-dealkylation sites (N-methyl/N-ethyl adjacent to an activating group) is 1. The molecule has 1 saturated heterocycles. The number of halogens is 2. The lowest BCUT2D eigenvalue weighted by molar-refractivity contribution is -0.117. The van der Waals surface area contributed by atoms with Crippen molar-refractivity contribution in [2.45, 2.75) is 25.9 Å². The lowest BCUT2D eigenvalue weighted by atomic mass is 10.2. The fourth-order valence-corrected chi connectivity index (χ4v) is 5.21. The Morgan fingerprint density at radius 3 is 2.86 bits per heavy atom. The molecule has 152 valence electrons. The zero-order valence-corrected chi connectivity index (χ0v) is 17.2. The Kier molecular flexibility index (Phi) is 6.07. The Labute approximate surface area is 168 Å². The molecule has 28 heavy (non-hydrogen) atoms. The average molecular weight is 429 g/mol. The van der Waals surface area contributed by atoms with E-state index in [0.717, 1.165) is 0 Å². The number of rotatable bonds is 6. The quantitative estimate of drug-likeness (QED) is 0.763. The molecule has 1 aliphatic heterocycles. The van der Waals surface area contributed by atoms with Gasteiger partial charge in [-0.05, 0) is 32.5 Å². The van der Waals surface area contributed by atoms with Gasteiger partial charge in [-0.3, -0.25) is 9.69 Å². The Hall–Kier alpha value is -1.97. The highest BCUT2D eigenvalue weighted by atomic mass is 35.5. The SMILES string of the molecule is Cc1cc(NC(=O)CN(C)Cc2c(F)cccc2Cl)n(C2CCS(=O)(=O)C2)n1. The van der Waals surface area contributed by atoms with Gasteiger partial charge in [-0.2, -0.15) is 5.10 Å². The van der Waals surface area contributed by atoms with Crippen molar-refractivity contribution in [3.05, 3.63) is 46.4 Å².